The molecule has 2 rings (SSSR count). The molecule has 1 nitrogen and oxygen atoms in total. The van der Waals surface area contributed by atoms with Crippen molar-refractivity contribution in [3.8, 4) is 0 Å². The fraction of sp³-hybridized carbons (Fsp3) is 0.231. The van der Waals surface area contributed by atoms with E-state index < -0.39 is 6.10 Å². The van der Waals surface area contributed by atoms with Crippen LogP contribution in [0.2, 0.25) is 0 Å². The van der Waals surface area contributed by atoms with Crippen molar-refractivity contribution in [2.45, 2.75) is 20.0 Å². The summed E-state index contributed by atoms with van der Waals surface area (Å²) in [5, 5.41) is 10.3. The van der Waals surface area contributed by atoms with Gasteiger partial charge in [-0.1, -0.05) is 22.0 Å². The molecule has 17 heavy (non-hydrogen) atoms. The SMILES string of the molecule is Cc1cc(C)c(C(O)c2ccc(F)cc2Br)s1. The Morgan fingerprint density at radius 3 is 2.53 bits per heavy atom. The molecule has 90 valence electrons. The summed E-state index contributed by atoms with van der Waals surface area (Å²) >= 11 is 4.85. The molecule has 2 aromatic rings. The topological polar surface area (TPSA) is 20.2 Å². The van der Waals surface area contributed by atoms with Gasteiger partial charge >= 0.3 is 0 Å². The predicted octanol–water partition coefficient (Wildman–Crippen LogP) is 4.35. The lowest BCUT2D eigenvalue weighted by atomic mass is 10.1. The Morgan fingerprint density at radius 1 is 1.29 bits per heavy atom. The van der Waals surface area contributed by atoms with Gasteiger partial charge in [0.1, 0.15) is 11.9 Å². The first-order valence-corrected chi connectivity index (χ1v) is 6.80. The first kappa shape index (κ1) is 12.7. The third-order valence-electron chi connectivity index (χ3n) is 2.58. The third-order valence-corrected chi connectivity index (χ3v) is 4.48. The van der Waals surface area contributed by atoms with Gasteiger partial charge in [-0.25, -0.2) is 4.39 Å². The second-order valence-corrected chi connectivity index (χ2v) is 6.11. The van der Waals surface area contributed by atoms with E-state index >= 15 is 0 Å². The van der Waals surface area contributed by atoms with Crippen molar-refractivity contribution in [1.29, 1.82) is 0 Å². The summed E-state index contributed by atoms with van der Waals surface area (Å²) in [6.07, 6.45) is -0.705. The number of aryl methyl sites for hydroxylation is 2. The molecule has 0 aliphatic carbocycles. The highest BCUT2D eigenvalue weighted by atomic mass is 79.9. The van der Waals surface area contributed by atoms with Gasteiger partial charge in [0.25, 0.3) is 0 Å². The zero-order chi connectivity index (χ0) is 12.6. The molecule has 1 N–H and O–H groups in total. The normalized spacial score (nSPS) is 12.8. The first-order chi connectivity index (χ1) is 7.99. The van der Waals surface area contributed by atoms with Gasteiger partial charge in [-0.3, -0.25) is 0 Å². The molecule has 0 aliphatic rings. The molecule has 0 saturated carbocycles. The zero-order valence-corrected chi connectivity index (χ0v) is 11.9. The van der Waals surface area contributed by atoms with Gasteiger partial charge in [0, 0.05) is 19.8 Å². The average molecular weight is 315 g/mol. The van der Waals surface area contributed by atoms with E-state index in [4.69, 9.17) is 0 Å². The quantitative estimate of drug-likeness (QED) is 0.873. The van der Waals surface area contributed by atoms with Crippen molar-refractivity contribution in [2.24, 2.45) is 0 Å². The predicted molar refractivity (Wildman–Crippen MR) is 72.0 cm³/mol. The molecule has 1 aromatic carbocycles. The Bertz CT molecular complexity index is 550. The molecule has 0 bridgehead atoms. The molecular weight excluding hydrogens is 303 g/mol. The van der Waals surface area contributed by atoms with Crippen LogP contribution >= 0.6 is 27.3 Å². The number of thiophene rings is 1. The highest BCUT2D eigenvalue weighted by Crippen LogP contribution is 2.35. The maximum absolute atomic E-state index is 13.0. The summed E-state index contributed by atoms with van der Waals surface area (Å²) in [7, 11) is 0. The Balaban J connectivity index is 2.43. The van der Waals surface area contributed by atoms with Crippen molar-refractivity contribution in [2.75, 3.05) is 0 Å². The van der Waals surface area contributed by atoms with E-state index in [0.29, 0.717) is 10.0 Å². The average Bonchev–Trinajstić information content (AvgIpc) is 2.57. The molecule has 0 spiro atoms. The van der Waals surface area contributed by atoms with Gasteiger partial charge in [0.2, 0.25) is 0 Å². The Hall–Kier alpha value is -0.710. The van der Waals surface area contributed by atoms with Crippen LogP contribution in [0.25, 0.3) is 0 Å². The van der Waals surface area contributed by atoms with Crippen molar-refractivity contribution in [3.63, 3.8) is 0 Å². The van der Waals surface area contributed by atoms with Crippen LogP contribution < -0.4 is 0 Å². The van der Waals surface area contributed by atoms with Gasteiger partial charge in [-0.15, -0.1) is 11.3 Å². The lowest BCUT2D eigenvalue weighted by Gasteiger charge is -2.12. The number of benzene rings is 1. The van der Waals surface area contributed by atoms with Crippen molar-refractivity contribution >= 4 is 27.3 Å². The Morgan fingerprint density at radius 2 is 2.00 bits per heavy atom. The minimum absolute atomic E-state index is 0.313. The second-order valence-electron chi connectivity index (χ2n) is 3.97. The maximum Gasteiger partial charge on any atom is 0.124 e. The summed E-state index contributed by atoms with van der Waals surface area (Å²) in [6.45, 7) is 3.98. The van der Waals surface area contributed by atoms with Crippen molar-refractivity contribution < 1.29 is 9.50 Å². The lowest BCUT2D eigenvalue weighted by Crippen LogP contribution is -2.00. The van der Waals surface area contributed by atoms with Crippen LogP contribution in [0.3, 0.4) is 0 Å². The molecular formula is C13H12BrFOS. The lowest BCUT2D eigenvalue weighted by molar-refractivity contribution is 0.222. The molecule has 4 heteroatoms. The molecule has 0 saturated heterocycles. The Labute approximate surface area is 112 Å². The van der Waals surface area contributed by atoms with Crippen molar-refractivity contribution in [3.05, 3.63) is 55.4 Å². The van der Waals surface area contributed by atoms with Crippen LogP contribution in [0.15, 0.2) is 28.7 Å². The van der Waals surface area contributed by atoms with E-state index in [2.05, 4.69) is 15.9 Å². The standard InChI is InChI=1S/C13H12BrFOS/c1-7-5-8(2)17-13(7)12(16)10-4-3-9(15)6-11(10)14/h3-6,12,16H,1-2H3. The van der Waals surface area contributed by atoms with Gasteiger partial charge in [-0.05, 0) is 37.6 Å². The molecule has 0 radical (unpaired) electrons. The van der Waals surface area contributed by atoms with Crippen LogP contribution in [0.4, 0.5) is 4.39 Å². The third kappa shape index (κ3) is 2.59. The van der Waals surface area contributed by atoms with Gasteiger partial charge < -0.3 is 5.11 Å². The van der Waals surface area contributed by atoms with Crippen LogP contribution in [0.1, 0.15) is 27.0 Å². The van der Waals surface area contributed by atoms with Crippen LogP contribution in [0, 0.1) is 19.7 Å². The van der Waals surface area contributed by atoms with Crippen LogP contribution in [-0.4, -0.2) is 5.11 Å². The highest BCUT2D eigenvalue weighted by Gasteiger charge is 2.18. The van der Waals surface area contributed by atoms with E-state index in [1.165, 1.54) is 12.1 Å². The number of hydrogen-bond acceptors (Lipinski definition) is 2. The fourth-order valence-electron chi connectivity index (χ4n) is 1.80. The molecule has 0 aliphatic heterocycles. The largest absolute Gasteiger partial charge is 0.383 e. The van der Waals surface area contributed by atoms with E-state index in [1.54, 1.807) is 17.4 Å². The molecule has 0 amide bonds. The maximum atomic E-state index is 13.0. The van der Waals surface area contributed by atoms with Crippen LogP contribution in [-0.2, 0) is 0 Å². The molecule has 1 heterocycles. The molecule has 1 unspecified atom stereocenters. The number of rotatable bonds is 2. The van der Waals surface area contributed by atoms with E-state index in [0.717, 1.165) is 15.3 Å². The first-order valence-electron chi connectivity index (χ1n) is 5.19. The fourth-order valence-corrected chi connectivity index (χ4v) is 3.40. The molecule has 1 atom stereocenters. The highest BCUT2D eigenvalue weighted by molar-refractivity contribution is 9.10. The van der Waals surface area contributed by atoms with Crippen LogP contribution in [0.5, 0.6) is 0 Å². The number of aliphatic hydroxyl groups excluding tert-OH is 1. The second kappa shape index (κ2) is 4.88. The van der Waals surface area contributed by atoms with E-state index in [-0.39, 0.29) is 5.82 Å². The van der Waals surface area contributed by atoms with E-state index in [9.17, 15) is 9.50 Å². The molecule has 1 aromatic heterocycles. The zero-order valence-electron chi connectivity index (χ0n) is 9.50. The van der Waals surface area contributed by atoms with E-state index in [1.807, 2.05) is 19.9 Å². The molecule has 0 fully saturated rings. The van der Waals surface area contributed by atoms with Gasteiger partial charge in [0.15, 0.2) is 0 Å². The Kier molecular flexibility index (Phi) is 3.66. The summed E-state index contributed by atoms with van der Waals surface area (Å²) in [5.74, 6) is -0.313. The monoisotopic (exact) mass is 314 g/mol. The van der Waals surface area contributed by atoms with Gasteiger partial charge in [0.05, 0.1) is 0 Å². The van der Waals surface area contributed by atoms with Crippen molar-refractivity contribution in [1.82, 2.24) is 0 Å². The van der Waals surface area contributed by atoms with Gasteiger partial charge in [-0.2, -0.15) is 0 Å². The number of aliphatic hydroxyl groups is 1. The number of halogens is 2. The summed E-state index contributed by atoms with van der Waals surface area (Å²) in [6, 6.07) is 6.38. The number of hydrogen-bond donors (Lipinski definition) is 1. The summed E-state index contributed by atoms with van der Waals surface area (Å²) in [5.41, 5.74) is 1.76. The summed E-state index contributed by atoms with van der Waals surface area (Å²) < 4.78 is 13.6. The smallest absolute Gasteiger partial charge is 0.124 e. The summed E-state index contributed by atoms with van der Waals surface area (Å²) in [4.78, 5) is 2.07. The minimum atomic E-state index is -0.705. The minimum Gasteiger partial charge on any atom is -0.383 e.